The molecule has 2 N–H and O–H groups in total. The van der Waals surface area contributed by atoms with Crippen LogP contribution in [-0.4, -0.2) is 86.8 Å². The second-order valence-corrected chi connectivity index (χ2v) is 15.6. The minimum absolute atomic E-state index is 0.0603. The molecule has 1 aromatic rings. The second-order valence-electron chi connectivity index (χ2n) is 15.6. The summed E-state index contributed by atoms with van der Waals surface area (Å²) >= 11 is 0. The van der Waals surface area contributed by atoms with E-state index >= 15 is 0 Å². The Morgan fingerprint density at radius 1 is 0.745 bits per heavy atom. The van der Waals surface area contributed by atoms with Gasteiger partial charge < -0.3 is 25.0 Å². The van der Waals surface area contributed by atoms with Crippen molar-refractivity contribution < 1.29 is 19.1 Å². The van der Waals surface area contributed by atoms with E-state index in [4.69, 9.17) is 9.47 Å². The first-order chi connectivity index (χ1) is 21.7. The number of rotatable bonds is 13. The molecule has 3 rings (SSSR count). The smallest absolute Gasteiger partial charge is 0.349 e. The Morgan fingerprint density at radius 2 is 1.09 bits per heavy atom. The number of aromatic nitrogens is 3. The lowest BCUT2D eigenvalue weighted by atomic mass is 9.74. The van der Waals surface area contributed by atoms with Crippen molar-refractivity contribution in [1.82, 2.24) is 25.6 Å². The van der Waals surface area contributed by atoms with E-state index in [1.807, 2.05) is 13.8 Å². The van der Waals surface area contributed by atoms with Crippen LogP contribution in [0.15, 0.2) is 35.3 Å². The Labute approximate surface area is 281 Å². The molecule has 0 saturated carbocycles. The summed E-state index contributed by atoms with van der Waals surface area (Å²) in [4.78, 5) is 48.9. The van der Waals surface area contributed by atoms with Crippen molar-refractivity contribution in [2.45, 2.75) is 129 Å². The normalized spacial score (nSPS) is 22.0. The lowest BCUT2D eigenvalue weighted by molar-refractivity contribution is -0.144. The molecule has 0 spiro atoms. The van der Waals surface area contributed by atoms with Crippen LogP contribution in [0.2, 0.25) is 0 Å². The molecule has 12 nitrogen and oxygen atoms in total. The summed E-state index contributed by atoms with van der Waals surface area (Å²) in [6.45, 7) is 29.5. The van der Waals surface area contributed by atoms with Crippen LogP contribution in [-0.2, 0) is 19.1 Å². The van der Waals surface area contributed by atoms with E-state index in [2.05, 4.69) is 104 Å². The van der Waals surface area contributed by atoms with Crippen LogP contribution in [0.3, 0.4) is 0 Å². The average Bonchev–Trinajstić information content (AvgIpc) is 2.91. The first-order valence-electron chi connectivity index (χ1n) is 16.5. The molecule has 12 heteroatoms. The highest BCUT2D eigenvalue weighted by molar-refractivity contribution is 6.24. The Balaban J connectivity index is 1.76. The van der Waals surface area contributed by atoms with Crippen molar-refractivity contribution in [3.63, 3.8) is 0 Å². The van der Waals surface area contributed by atoms with Gasteiger partial charge in [0.05, 0.1) is 0 Å². The van der Waals surface area contributed by atoms with E-state index < -0.39 is 11.9 Å². The Morgan fingerprint density at radius 3 is 1.40 bits per heavy atom. The zero-order valence-corrected chi connectivity index (χ0v) is 30.1. The number of nitrogens with one attached hydrogen (secondary N) is 2. The summed E-state index contributed by atoms with van der Waals surface area (Å²) in [5.41, 5.74) is -0.302. The first-order valence-corrected chi connectivity index (χ1v) is 16.5. The van der Waals surface area contributed by atoms with Crippen molar-refractivity contribution in [1.29, 1.82) is 0 Å². The van der Waals surface area contributed by atoms with Gasteiger partial charge in [-0.1, -0.05) is 12.2 Å². The van der Waals surface area contributed by atoms with Gasteiger partial charge in [0, 0.05) is 35.2 Å². The fourth-order valence-electron chi connectivity index (χ4n) is 7.46. The molecule has 0 amide bonds. The summed E-state index contributed by atoms with van der Waals surface area (Å²) < 4.78 is 11.5. The molecule has 0 aromatic carbocycles. The molecule has 2 fully saturated rings. The van der Waals surface area contributed by atoms with Crippen LogP contribution >= 0.6 is 0 Å². The van der Waals surface area contributed by atoms with E-state index in [1.54, 1.807) is 17.1 Å². The van der Waals surface area contributed by atoms with E-state index in [1.165, 1.54) is 0 Å². The van der Waals surface area contributed by atoms with Gasteiger partial charge in [0.1, 0.15) is 24.6 Å². The average molecular weight is 653 g/mol. The fourth-order valence-corrected chi connectivity index (χ4v) is 7.46. The molecule has 2 aliphatic rings. The fraction of sp³-hybridized carbons (Fsp3) is 0.686. The third kappa shape index (κ3) is 11.9. The molecule has 1 aromatic heterocycles. The number of nitrogens with zero attached hydrogens (tertiary/aromatic N) is 6. The first kappa shape index (κ1) is 37.9. The molecular formula is C35H56N8O4. The summed E-state index contributed by atoms with van der Waals surface area (Å²) in [5, 5.41) is 7.31. The minimum atomic E-state index is -0.602. The van der Waals surface area contributed by atoms with E-state index in [-0.39, 0.29) is 64.0 Å². The van der Waals surface area contributed by atoms with E-state index in [0.717, 1.165) is 38.1 Å². The van der Waals surface area contributed by atoms with Crippen molar-refractivity contribution in [2.75, 3.05) is 18.0 Å². The van der Waals surface area contributed by atoms with Gasteiger partial charge in [-0.2, -0.15) is 15.0 Å². The van der Waals surface area contributed by atoms with Crippen LogP contribution in [0.1, 0.15) is 94.9 Å². The number of hydrogen-bond donors (Lipinski definition) is 2. The predicted octanol–water partition coefficient (Wildman–Crippen LogP) is 5.43. The SMILES string of the molecule is C=CCN(CC=C)c1nc(/N=C/C(=O)OC(C)C2CC(C)(C)NC(C)(C)C2)nc(/N=C/C(=O)OC(C)C2CC(C)(C)NC(C)(C)C2)n1. The third-order valence-corrected chi connectivity index (χ3v) is 8.53. The van der Waals surface area contributed by atoms with Gasteiger partial charge >= 0.3 is 11.9 Å². The Hall–Kier alpha value is -3.51. The standard InChI is InChI=1S/C35H56N8O4/c1-13-15-43(16-14-2)31-39-29(36-21-27(44)46-23(3)25-17-32(5,6)41-33(7,8)18-25)38-30(40-31)37-22-28(45)47-24(4)26-19-34(9,10)42-35(11,12)20-26/h13-14,21-26,41-42H,1-2,15-20H2,3-12H3/b36-21+,37-22+. The summed E-state index contributed by atoms with van der Waals surface area (Å²) in [5.74, 6) is -0.718. The van der Waals surface area contributed by atoms with Crippen LogP contribution < -0.4 is 15.5 Å². The maximum atomic E-state index is 12.8. The van der Waals surface area contributed by atoms with Gasteiger partial charge in [-0.05, 0) is 107 Å². The molecule has 260 valence electrons. The molecule has 0 radical (unpaired) electrons. The number of hydrogen-bond acceptors (Lipinski definition) is 12. The number of piperidine rings is 2. The van der Waals surface area contributed by atoms with Crippen molar-refractivity contribution in [2.24, 2.45) is 21.8 Å². The maximum absolute atomic E-state index is 12.8. The quantitative estimate of drug-likeness (QED) is 0.161. The summed E-state index contributed by atoms with van der Waals surface area (Å²) in [7, 11) is 0. The number of ether oxygens (including phenoxy) is 2. The van der Waals surface area contributed by atoms with Crippen LogP contribution in [0.4, 0.5) is 17.8 Å². The lowest BCUT2D eigenvalue weighted by Gasteiger charge is -2.47. The second kappa shape index (κ2) is 15.1. The molecular weight excluding hydrogens is 596 g/mol. The van der Waals surface area contributed by atoms with Crippen molar-refractivity contribution >= 4 is 42.2 Å². The lowest BCUT2D eigenvalue weighted by Crippen LogP contribution is -2.59. The van der Waals surface area contributed by atoms with Crippen LogP contribution in [0.25, 0.3) is 0 Å². The minimum Gasteiger partial charge on any atom is -0.458 e. The van der Waals surface area contributed by atoms with Gasteiger partial charge in [0.15, 0.2) is 0 Å². The molecule has 2 saturated heterocycles. The highest BCUT2D eigenvalue weighted by Crippen LogP contribution is 2.36. The number of carbonyl (C=O) groups is 2. The summed E-state index contributed by atoms with van der Waals surface area (Å²) in [6.07, 6.45) is 8.38. The van der Waals surface area contributed by atoms with Crippen molar-refractivity contribution in [3.8, 4) is 0 Å². The molecule has 3 heterocycles. The molecule has 0 bridgehead atoms. The Kier molecular flexibility index (Phi) is 12.2. The van der Waals surface area contributed by atoms with Gasteiger partial charge in [-0.15, -0.1) is 13.2 Å². The van der Waals surface area contributed by atoms with Crippen LogP contribution in [0, 0.1) is 11.8 Å². The zero-order valence-electron chi connectivity index (χ0n) is 30.1. The number of esters is 2. The highest BCUT2D eigenvalue weighted by atomic mass is 16.5. The maximum Gasteiger partial charge on any atom is 0.349 e. The third-order valence-electron chi connectivity index (χ3n) is 8.53. The summed E-state index contributed by atoms with van der Waals surface area (Å²) in [6, 6.07) is 0. The van der Waals surface area contributed by atoms with Crippen molar-refractivity contribution in [3.05, 3.63) is 25.3 Å². The Bertz CT molecular complexity index is 1220. The zero-order chi connectivity index (χ0) is 35.2. The molecule has 2 atom stereocenters. The number of carbonyl (C=O) groups excluding carboxylic acids is 2. The monoisotopic (exact) mass is 652 g/mol. The van der Waals surface area contributed by atoms with E-state index in [9.17, 15) is 9.59 Å². The molecule has 2 unspecified atom stereocenters. The topological polar surface area (TPSA) is 143 Å². The number of aliphatic imine (C=N–C) groups is 2. The predicted molar refractivity (Wildman–Crippen MR) is 188 cm³/mol. The molecule has 2 aliphatic heterocycles. The molecule has 47 heavy (non-hydrogen) atoms. The number of anilines is 1. The van der Waals surface area contributed by atoms with Crippen LogP contribution in [0.5, 0.6) is 0 Å². The van der Waals surface area contributed by atoms with Gasteiger partial charge in [-0.3, -0.25) is 0 Å². The van der Waals surface area contributed by atoms with Gasteiger partial charge in [0.25, 0.3) is 11.9 Å². The largest absolute Gasteiger partial charge is 0.458 e. The van der Waals surface area contributed by atoms with Gasteiger partial charge in [0.2, 0.25) is 5.95 Å². The highest BCUT2D eigenvalue weighted by Gasteiger charge is 2.41. The van der Waals surface area contributed by atoms with Gasteiger partial charge in [-0.25, -0.2) is 19.6 Å². The molecule has 0 aliphatic carbocycles. The van der Waals surface area contributed by atoms with E-state index in [0.29, 0.717) is 13.1 Å².